The molecule has 37 heavy (non-hydrogen) atoms. The van der Waals surface area contributed by atoms with E-state index < -0.39 is 5.25 Å². The minimum Gasteiger partial charge on any atom is -0.490 e. The Morgan fingerprint density at radius 2 is 1.59 bits per heavy atom. The van der Waals surface area contributed by atoms with E-state index in [1.807, 2.05) is 99.0 Å². The molecule has 1 atom stereocenters. The standard InChI is InChI=1S/C28H30N4O4S/c1-5-35-26-16-23(12-15-25(26)36-18-22-10-6-19(2)7-11-22)27(17-31(33)34)37-28-30-29-21(4)32(28)24-13-8-20(3)9-14-24/h6-16,27H,5,17-18H2,1-4H3/t27-/m0/s1. The van der Waals surface area contributed by atoms with Gasteiger partial charge in [0.15, 0.2) is 16.7 Å². The van der Waals surface area contributed by atoms with Crippen molar-refractivity contribution in [3.63, 3.8) is 0 Å². The minimum absolute atomic E-state index is 0.278. The van der Waals surface area contributed by atoms with Crippen LogP contribution in [-0.2, 0) is 6.61 Å². The SMILES string of the molecule is CCOc1cc([C@H](C[N+](=O)[O-])Sc2nnc(C)n2-c2ccc(C)cc2)ccc1OCc1ccc(C)cc1. The Kier molecular flexibility index (Phi) is 8.45. The second-order valence-electron chi connectivity index (χ2n) is 8.74. The number of ether oxygens (including phenoxy) is 2. The lowest BCUT2D eigenvalue weighted by atomic mass is 10.1. The molecule has 0 aliphatic rings. The molecule has 0 saturated carbocycles. The fourth-order valence-corrected chi connectivity index (χ4v) is 5.01. The molecule has 8 nitrogen and oxygen atoms in total. The summed E-state index contributed by atoms with van der Waals surface area (Å²) in [6, 6.07) is 21.7. The highest BCUT2D eigenvalue weighted by Gasteiger charge is 2.25. The van der Waals surface area contributed by atoms with Crippen LogP contribution in [0.25, 0.3) is 5.69 Å². The highest BCUT2D eigenvalue weighted by molar-refractivity contribution is 7.99. The third-order valence-corrected chi connectivity index (χ3v) is 6.99. The Labute approximate surface area is 220 Å². The van der Waals surface area contributed by atoms with E-state index in [0.29, 0.717) is 35.7 Å². The number of hydrogen-bond donors (Lipinski definition) is 0. The first kappa shape index (κ1) is 26.2. The van der Waals surface area contributed by atoms with Gasteiger partial charge in [0.2, 0.25) is 6.54 Å². The Morgan fingerprint density at radius 1 is 0.919 bits per heavy atom. The zero-order valence-corrected chi connectivity index (χ0v) is 22.2. The first-order valence-corrected chi connectivity index (χ1v) is 12.9. The quantitative estimate of drug-likeness (QED) is 0.131. The smallest absolute Gasteiger partial charge is 0.220 e. The summed E-state index contributed by atoms with van der Waals surface area (Å²) in [5.41, 5.74) is 5.04. The normalized spacial score (nSPS) is 11.8. The Hall–Kier alpha value is -3.85. The van der Waals surface area contributed by atoms with Crippen LogP contribution in [-0.4, -0.2) is 32.8 Å². The van der Waals surface area contributed by atoms with Crippen LogP contribution >= 0.6 is 11.8 Å². The lowest BCUT2D eigenvalue weighted by Crippen LogP contribution is -2.11. The van der Waals surface area contributed by atoms with Crippen LogP contribution in [0.1, 0.15) is 40.3 Å². The monoisotopic (exact) mass is 518 g/mol. The van der Waals surface area contributed by atoms with Gasteiger partial charge in [-0.3, -0.25) is 14.7 Å². The first-order valence-electron chi connectivity index (χ1n) is 12.1. The summed E-state index contributed by atoms with van der Waals surface area (Å²) in [6.07, 6.45) is 0. The predicted molar refractivity (Wildman–Crippen MR) is 144 cm³/mol. The van der Waals surface area contributed by atoms with Crippen molar-refractivity contribution in [3.05, 3.63) is 105 Å². The van der Waals surface area contributed by atoms with Crippen molar-refractivity contribution in [2.24, 2.45) is 0 Å². The molecule has 0 unspecified atom stereocenters. The molecule has 4 aromatic rings. The minimum atomic E-state index is -0.506. The van der Waals surface area contributed by atoms with Gasteiger partial charge in [-0.25, -0.2) is 0 Å². The summed E-state index contributed by atoms with van der Waals surface area (Å²) in [5, 5.41) is 20.3. The summed E-state index contributed by atoms with van der Waals surface area (Å²) in [4.78, 5) is 11.3. The van der Waals surface area contributed by atoms with E-state index in [0.717, 1.165) is 22.4 Å². The topological polar surface area (TPSA) is 92.3 Å². The van der Waals surface area contributed by atoms with E-state index in [2.05, 4.69) is 10.2 Å². The lowest BCUT2D eigenvalue weighted by Gasteiger charge is -2.17. The maximum atomic E-state index is 11.6. The molecule has 0 bridgehead atoms. The van der Waals surface area contributed by atoms with E-state index in [9.17, 15) is 10.1 Å². The van der Waals surface area contributed by atoms with Crippen LogP contribution in [0, 0.1) is 30.9 Å². The van der Waals surface area contributed by atoms with Gasteiger partial charge in [0.25, 0.3) is 0 Å². The average Bonchev–Trinajstić information content (AvgIpc) is 3.24. The van der Waals surface area contributed by atoms with Gasteiger partial charge in [-0.15, -0.1) is 10.2 Å². The van der Waals surface area contributed by atoms with Gasteiger partial charge in [0.05, 0.1) is 6.61 Å². The third kappa shape index (κ3) is 6.68. The van der Waals surface area contributed by atoms with Crippen LogP contribution in [0.4, 0.5) is 0 Å². The average molecular weight is 519 g/mol. The molecular formula is C28H30N4O4S. The van der Waals surface area contributed by atoms with Crippen molar-refractivity contribution in [2.75, 3.05) is 13.2 Å². The molecule has 192 valence electrons. The fraction of sp³-hybridized carbons (Fsp3) is 0.286. The number of thioether (sulfide) groups is 1. The van der Waals surface area contributed by atoms with Crippen molar-refractivity contribution in [1.29, 1.82) is 0 Å². The van der Waals surface area contributed by atoms with Crippen LogP contribution in [0.2, 0.25) is 0 Å². The second-order valence-corrected chi connectivity index (χ2v) is 9.91. The Bertz CT molecular complexity index is 1350. The van der Waals surface area contributed by atoms with Crippen molar-refractivity contribution in [1.82, 2.24) is 14.8 Å². The highest BCUT2D eigenvalue weighted by Crippen LogP contribution is 2.39. The second kappa shape index (κ2) is 11.9. The fourth-order valence-electron chi connectivity index (χ4n) is 3.84. The van der Waals surface area contributed by atoms with E-state index in [1.54, 1.807) is 0 Å². The number of hydrogen-bond acceptors (Lipinski definition) is 7. The predicted octanol–water partition coefficient (Wildman–Crippen LogP) is 6.28. The van der Waals surface area contributed by atoms with Gasteiger partial charge in [-0.05, 0) is 63.1 Å². The number of aryl methyl sites for hydroxylation is 3. The molecular weight excluding hydrogens is 488 g/mol. The largest absolute Gasteiger partial charge is 0.490 e. The van der Waals surface area contributed by atoms with Crippen molar-refractivity contribution in [3.8, 4) is 17.2 Å². The summed E-state index contributed by atoms with van der Waals surface area (Å²) in [7, 11) is 0. The molecule has 0 fully saturated rings. The molecule has 1 heterocycles. The van der Waals surface area contributed by atoms with Gasteiger partial charge in [0, 0.05) is 10.6 Å². The maximum absolute atomic E-state index is 11.6. The van der Waals surface area contributed by atoms with Crippen LogP contribution < -0.4 is 9.47 Å². The molecule has 3 aromatic carbocycles. The zero-order chi connectivity index (χ0) is 26.4. The molecule has 0 radical (unpaired) electrons. The summed E-state index contributed by atoms with van der Waals surface area (Å²) < 4.78 is 13.8. The Balaban J connectivity index is 1.61. The molecule has 0 saturated heterocycles. The van der Waals surface area contributed by atoms with Crippen LogP contribution in [0.5, 0.6) is 11.5 Å². The van der Waals surface area contributed by atoms with E-state index in [1.165, 1.54) is 17.3 Å². The van der Waals surface area contributed by atoms with E-state index in [-0.39, 0.29) is 11.5 Å². The van der Waals surface area contributed by atoms with Crippen LogP contribution in [0.15, 0.2) is 71.9 Å². The van der Waals surface area contributed by atoms with Gasteiger partial charge in [-0.1, -0.05) is 65.4 Å². The molecule has 4 rings (SSSR count). The number of nitro groups is 1. The molecule has 0 aliphatic carbocycles. The molecule has 1 aromatic heterocycles. The highest BCUT2D eigenvalue weighted by atomic mass is 32.2. The molecule has 0 N–H and O–H groups in total. The molecule has 0 amide bonds. The van der Waals surface area contributed by atoms with E-state index >= 15 is 0 Å². The van der Waals surface area contributed by atoms with Crippen LogP contribution in [0.3, 0.4) is 0 Å². The van der Waals surface area contributed by atoms with Crippen molar-refractivity contribution < 1.29 is 14.4 Å². The van der Waals surface area contributed by atoms with E-state index in [4.69, 9.17) is 9.47 Å². The summed E-state index contributed by atoms with van der Waals surface area (Å²) >= 11 is 1.31. The molecule has 0 aliphatic heterocycles. The summed E-state index contributed by atoms with van der Waals surface area (Å²) in [6.45, 7) is 8.39. The number of aromatic nitrogens is 3. The summed E-state index contributed by atoms with van der Waals surface area (Å²) in [5.74, 6) is 1.85. The van der Waals surface area contributed by atoms with Gasteiger partial charge in [-0.2, -0.15) is 0 Å². The van der Waals surface area contributed by atoms with Crippen molar-refractivity contribution in [2.45, 2.75) is 44.7 Å². The number of rotatable bonds is 11. The molecule has 9 heteroatoms. The Morgan fingerprint density at radius 3 is 2.24 bits per heavy atom. The lowest BCUT2D eigenvalue weighted by molar-refractivity contribution is -0.479. The van der Waals surface area contributed by atoms with Gasteiger partial charge < -0.3 is 9.47 Å². The van der Waals surface area contributed by atoms with Crippen molar-refractivity contribution >= 4 is 11.8 Å². The number of nitrogens with zero attached hydrogens (tertiary/aromatic N) is 4. The maximum Gasteiger partial charge on any atom is 0.220 e. The molecule has 0 spiro atoms. The first-order chi connectivity index (χ1) is 17.8. The zero-order valence-electron chi connectivity index (χ0n) is 21.4. The van der Waals surface area contributed by atoms with Gasteiger partial charge >= 0.3 is 0 Å². The van der Waals surface area contributed by atoms with Gasteiger partial charge in [0.1, 0.15) is 17.7 Å². The third-order valence-electron chi connectivity index (χ3n) is 5.80. The number of benzene rings is 3.